The van der Waals surface area contributed by atoms with E-state index in [-0.39, 0.29) is 18.0 Å². The molecule has 0 radical (unpaired) electrons. The number of thiophene rings is 2. The molecule has 0 saturated heterocycles. The van der Waals surface area contributed by atoms with Crippen molar-refractivity contribution in [2.45, 2.75) is 6.42 Å². The molecule has 2 N–H and O–H groups in total. The second-order valence-corrected chi connectivity index (χ2v) is 7.65. The molecule has 130 valence electrons. The third-order valence-corrected chi connectivity index (χ3v) is 5.53. The van der Waals surface area contributed by atoms with Crippen LogP contribution in [0, 0.1) is 5.82 Å². The number of fused-ring (bicyclic) bond motifs is 1. The number of aromatic amines is 1. The smallest absolute Gasteiger partial charge is 0.229 e. The van der Waals surface area contributed by atoms with E-state index in [1.807, 2.05) is 47.2 Å². The highest BCUT2D eigenvalue weighted by Gasteiger charge is 2.12. The molecule has 3 aromatic heterocycles. The maximum Gasteiger partial charge on any atom is 0.229 e. The lowest BCUT2D eigenvalue weighted by Crippen LogP contribution is -2.14. The first-order valence-corrected chi connectivity index (χ1v) is 9.66. The van der Waals surface area contributed by atoms with Gasteiger partial charge in [0.25, 0.3) is 0 Å². The van der Waals surface area contributed by atoms with Crippen molar-refractivity contribution in [3.63, 3.8) is 0 Å². The average Bonchev–Trinajstić information content (AvgIpc) is 3.35. The molecule has 0 aliphatic heterocycles. The average molecular weight is 383 g/mol. The Labute approximate surface area is 157 Å². The van der Waals surface area contributed by atoms with Crippen molar-refractivity contribution in [3.8, 4) is 0 Å². The van der Waals surface area contributed by atoms with Crippen molar-refractivity contribution in [2.75, 3.05) is 5.32 Å². The van der Waals surface area contributed by atoms with E-state index in [0.717, 1.165) is 15.1 Å². The second-order valence-electron chi connectivity index (χ2n) is 5.64. The Kier molecular flexibility index (Phi) is 4.64. The fourth-order valence-corrected chi connectivity index (χ4v) is 3.92. The molecule has 4 aromatic rings. The first-order valence-electron chi connectivity index (χ1n) is 7.90. The second kappa shape index (κ2) is 7.23. The summed E-state index contributed by atoms with van der Waals surface area (Å²) in [5.74, 6) is -0.737. The Morgan fingerprint density at radius 1 is 1.19 bits per heavy atom. The number of nitrogens with zero attached hydrogens (tertiary/aromatic N) is 1. The Balaban J connectivity index is 1.60. The maximum absolute atomic E-state index is 14.3. The first kappa shape index (κ1) is 16.7. The minimum Gasteiger partial charge on any atom is -0.323 e. The number of halogens is 1. The van der Waals surface area contributed by atoms with Crippen LogP contribution >= 0.6 is 22.7 Å². The van der Waals surface area contributed by atoms with E-state index in [9.17, 15) is 9.18 Å². The van der Waals surface area contributed by atoms with Crippen molar-refractivity contribution in [1.29, 1.82) is 0 Å². The van der Waals surface area contributed by atoms with Crippen molar-refractivity contribution in [2.24, 2.45) is 0 Å². The zero-order valence-corrected chi connectivity index (χ0v) is 15.2. The third-order valence-electron chi connectivity index (χ3n) is 3.82. The summed E-state index contributed by atoms with van der Waals surface area (Å²) >= 11 is 3.12. The highest BCUT2D eigenvalue weighted by atomic mass is 32.1. The van der Waals surface area contributed by atoms with Gasteiger partial charge in [0.15, 0.2) is 0 Å². The predicted octanol–water partition coefficient (Wildman–Crippen LogP) is 5.18. The van der Waals surface area contributed by atoms with Crippen LogP contribution in [0.2, 0.25) is 0 Å². The molecule has 0 saturated carbocycles. The number of benzene rings is 1. The summed E-state index contributed by atoms with van der Waals surface area (Å²) < 4.78 is 14.3. The summed E-state index contributed by atoms with van der Waals surface area (Å²) in [5, 5.41) is 14.4. The molecule has 0 fully saturated rings. The highest BCUT2D eigenvalue weighted by Crippen LogP contribution is 2.26. The van der Waals surface area contributed by atoms with Crippen molar-refractivity contribution in [1.82, 2.24) is 10.2 Å². The van der Waals surface area contributed by atoms with Gasteiger partial charge in [-0.25, -0.2) is 4.39 Å². The monoisotopic (exact) mass is 383 g/mol. The molecule has 0 aliphatic rings. The first-order chi connectivity index (χ1) is 12.7. The van der Waals surface area contributed by atoms with E-state index >= 15 is 0 Å². The fourth-order valence-electron chi connectivity index (χ4n) is 2.59. The van der Waals surface area contributed by atoms with E-state index in [2.05, 4.69) is 15.5 Å². The standard InChI is InChI=1S/C19H14FN3OS2/c20-15-11-17-14(16(22-23-17)6-5-12-3-1-7-25-12)10-18(15)21-19(24)9-13-4-2-8-26-13/h1-8,10-11H,9H2,(H,21,24)(H,22,23)/b6-5+. The van der Waals surface area contributed by atoms with Crippen LogP contribution in [-0.2, 0) is 11.2 Å². The van der Waals surface area contributed by atoms with Gasteiger partial charge in [0.2, 0.25) is 5.91 Å². The van der Waals surface area contributed by atoms with E-state index in [1.54, 1.807) is 17.4 Å². The van der Waals surface area contributed by atoms with E-state index in [0.29, 0.717) is 11.2 Å². The number of carbonyl (C=O) groups excluding carboxylic acids is 1. The summed E-state index contributed by atoms with van der Waals surface area (Å²) in [6.45, 7) is 0. The Hall–Kier alpha value is -2.77. The predicted molar refractivity (Wildman–Crippen MR) is 106 cm³/mol. The van der Waals surface area contributed by atoms with Gasteiger partial charge in [0, 0.05) is 21.2 Å². The molecular formula is C19H14FN3OS2. The van der Waals surface area contributed by atoms with Gasteiger partial charge in [0.05, 0.1) is 23.3 Å². The Bertz CT molecular complexity index is 1070. The fraction of sp³-hybridized carbons (Fsp3) is 0.0526. The molecule has 3 heterocycles. The van der Waals surface area contributed by atoms with Gasteiger partial charge >= 0.3 is 0 Å². The molecule has 0 spiro atoms. The number of hydrogen-bond acceptors (Lipinski definition) is 4. The molecule has 7 heteroatoms. The zero-order chi connectivity index (χ0) is 17.9. The lowest BCUT2D eigenvalue weighted by molar-refractivity contribution is -0.115. The lowest BCUT2D eigenvalue weighted by atomic mass is 10.1. The molecule has 0 unspecified atom stereocenters. The van der Waals surface area contributed by atoms with Gasteiger partial charge in [-0.15, -0.1) is 22.7 Å². The van der Waals surface area contributed by atoms with Crippen LogP contribution in [-0.4, -0.2) is 16.1 Å². The van der Waals surface area contributed by atoms with E-state index in [4.69, 9.17) is 0 Å². The Morgan fingerprint density at radius 2 is 2.04 bits per heavy atom. The summed E-state index contributed by atoms with van der Waals surface area (Å²) in [6, 6.07) is 10.7. The number of nitrogens with one attached hydrogen (secondary N) is 2. The number of aromatic nitrogens is 2. The third kappa shape index (κ3) is 3.58. The largest absolute Gasteiger partial charge is 0.323 e. The van der Waals surface area contributed by atoms with Crippen LogP contribution < -0.4 is 5.32 Å². The number of hydrogen-bond donors (Lipinski definition) is 2. The summed E-state index contributed by atoms with van der Waals surface area (Å²) in [5.41, 5.74) is 1.44. The number of amides is 1. The lowest BCUT2D eigenvalue weighted by Gasteiger charge is -2.06. The van der Waals surface area contributed by atoms with E-state index in [1.165, 1.54) is 17.4 Å². The molecule has 1 aromatic carbocycles. The molecule has 4 nitrogen and oxygen atoms in total. The zero-order valence-electron chi connectivity index (χ0n) is 13.5. The minimum atomic E-state index is -0.491. The van der Waals surface area contributed by atoms with Gasteiger partial charge < -0.3 is 5.32 Å². The van der Waals surface area contributed by atoms with Gasteiger partial charge in [-0.2, -0.15) is 5.10 Å². The molecule has 26 heavy (non-hydrogen) atoms. The quantitative estimate of drug-likeness (QED) is 0.499. The maximum atomic E-state index is 14.3. The van der Waals surface area contributed by atoms with Crippen molar-refractivity contribution >= 4 is 57.3 Å². The minimum absolute atomic E-state index is 0.159. The number of H-pyrrole nitrogens is 1. The van der Waals surface area contributed by atoms with E-state index < -0.39 is 5.82 Å². The highest BCUT2D eigenvalue weighted by molar-refractivity contribution is 7.11. The van der Waals surface area contributed by atoms with Crippen LogP contribution in [0.4, 0.5) is 10.1 Å². The van der Waals surface area contributed by atoms with Crippen LogP contribution in [0.1, 0.15) is 15.4 Å². The van der Waals surface area contributed by atoms with Gasteiger partial charge in [-0.3, -0.25) is 9.89 Å². The van der Waals surface area contributed by atoms with Crippen LogP contribution in [0.25, 0.3) is 23.1 Å². The molecule has 0 atom stereocenters. The molecular weight excluding hydrogens is 369 g/mol. The van der Waals surface area contributed by atoms with Crippen LogP contribution in [0.5, 0.6) is 0 Å². The molecule has 4 rings (SSSR count). The van der Waals surface area contributed by atoms with Crippen molar-refractivity contribution in [3.05, 3.63) is 68.4 Å². The Morgan fingerprint density at radius 3 is 2.81 bits per heavy atom. The van der Waals surface area contributed by atoms with Gasteiger partial charge in [0.1, 0.15) is 5.82 Å². The summed E-state index contributed by atoms with van der Waals surface area (Å²) in [7, 11) is 0. The van der Waals surface area contributed by atoms with Crippen LogP contribution in [0.15, 0.2) is 47.2 Å². The SMILES string of the molecule is O=C(Cc1cccs1)Nc1cc2c(/C=C/c3cccs3)n[nH]c2cc1F. The molecule has 0 bridgehead atoms. The number of rotatable bonds is 5. The summed E-state index contributed by atoms with van der Waals surface area (Å²) in [6.07, 6.45) is 4.06. The van der Waals surface area contributed by atoms with Crippen molar-refractivity contribution < 1.29 is 9.18 Å². The summed E-state index contributed by atoms with van der Waals surface area (Å²) in [4.78, 5) is 14.2. The normalized spacial score (nSPS) is 11.4. The molecule has 1 amide bonds. The molecule has 0 aliphatic carbocycles. The topological polar surface area (TPSA) is 57.8 Å². The number of anilines is 1. The van der Waals surface area contributed by atoms with Gasteiger partial charge in [-0.1, -0.05) is 12.1 Å². The van der Waals surface area contributed by atoms with Crippen LogP contribution in [0.3, 0.4) is 0 Å². The van der Waals surface area contributed by atoms with Gasteiger partial charge in [-0.05, 0) is 41.1 Å². The number of carbonyl (C=O) groups is 1.